The zero-order chi connectivity index (χ0) is 14.4. The molecule has 1 aliphatic carbocycles. The average Bonchev–Trinajstić information content (AvgIpc) is 2.48. The number of hydrogen-bond donors (Lipinski definition) is 1. The lowest BCUT2D eigenvalue weighted by molar-refractivity contribution is -0.152. The molecule has 0 aromatic carbocycles. The number of carbonyl (C=O) groups is 1. The third-order valence-electron chi connectivity index (χ3n) is 5.24. The first-order valence-corrected chi connectivity index (χ1v) is 8.59. The van der Waals surface area contributed by atoms with Crippen molar-refractivity contribution in [2.24, 2.45) is 17.8 Å². The van der Waals surface area contributed by atoms with Gasteiger partial charge in [-0.15, -0.1) is 0 Å². The summed E-state index contributed by atoms with van der Waals surface area (Å²) in [5.41, 5.74) is 0. The predicted molar refractivity (Wildman–Crippen MR) is 81.5 cm³/mol. The van der Waals surface area contributed by atoms with Gasteiger partial charge in [0, 0.05) is 6.42 Å². The summed E-state index contributed by atoms with van der Waals surface area (Å²) >= 11 is 0. The molecule has 0 bridgehead atoms. The summed E-state index contributed by atoms with van der Waals surface area (Å²) < 4.78 is 5.73. The van der Waals surface area contributed by atoms with Crippen LogP contribution in [0.15, 0.2) is 0 Å². The fraction of sp³-hybridized carbons (Fsp3) is 0.941. The second kappa shape index (κ2) is 8.02. The lowest BCUT2D eigenvalue weighted by atomic mass is 9.85. The minimum absolute atomic E-state index is 0.0322. The second-order valence-electron chi connectivity index (χ2n) is 6.84. The Labute approximate surface area is 123 Å². The predicted octanol–water partition coefficient (Wildman–Crippen LogP) is 3.52. The maximum atomic E-state index is 12.1. The van der Waals surface area contributed by atoms with Crippen LogP contribution in [-0.4, -0.2) is 25.2 Å². The van der Waals surface area contributed by atoms with E-state index in [-0.39, 0.29) is 12.1 Å². The number of carbonyl (C=O) groups excluding carboxylic acids is 1. The number of hydrogen-bond acceptors (Lipinski definition) is 3. The molecular formula is C17H31NO2. The van der Waals surface area contributed by atoms with E-state index in [9.17, 15) is 4.79 Å². The van der Waals surface area contributed by atoms with Gasteiger partial charge in [-0.25, -0.2) is 0 Å². The molecule has 116 valence electrons. The molecule has 3 heteroatoms. The van der Waals surface area contributed by atoms with Crippen molar-refractivity contribution in [1.82, 2.24) is 5.32 Å². The minimum atomic E-state index is 0.0322. The van der Waals surface area contributed by atoms with Crippen molar-refractivity contribution in [3.05, 3.63) is 0 Å². The van der Waals surface area contributed by atoms with E-state index in [1.165, 1.54) is 32.1 Å². The Bertz CT molecular complexity index is 293. The molecule has 4 atom stereocenters. The van der Waals surface area contributed by atoms with Crippen LogP contribution in [0.5, 0.6) is 0 Å². The summed E-state index contributed by atoms with van der Waals surface area (Å²) in [5, 5.41) is 3.43. The molecule has 2 rings (SSSR count). The largest absolute Gasteiger partial charge is 0.462 e. The van der Waals surface area contributed by atoms with E-state index in [2.05, 4.69) is 19.2 Å². The molecule has 1 saturated carbocycles. The highest BCUT2D eigenvalue weighted by Gasteiger charge is 2.26. The molecule has 4 unspecified atom stereocenters. The van der Waals surface area contributed by atoms with Crippen LogP contribution in [0.1, 0.15) is 65.2 Å². The summed E-state index contributed by atoms with van der Waals surface area (Å²) in [6.45, 7) is 6.64. The molecule has 0 aromatic heterocycles. The van der Waals surface area contributed by atoms with Crippen LogP contribution in [0.3, 0.4) is 0 Å². The van der Waals surface area contributed by atoms with Crippen LogP contribution < -0.4 is 5.32 Å². The summed E-state index contributed by atoms with van der Waals surface area (Å²) in [7, 11) is 0. The van der Waals surface area contributed by atoms with Crippen LogP contribution in [0.25, 0.3) is 0 Å². The average molecular weight is 281 g/mol. The Morgan fingerprint density at radius 2 is 2.15 bits per heavy atom. The molecular weight excluding hydrogens is 250 g/mol. The number of ether oxygens (including phenoxy) is 1. The molecule has 1 aliphatic heterocycles. The number of nitrogens with one attached hydrogen (secondary N) is 1. The van der Waals surface area contributed by atoms with Gasteiger partial charge in [0.2, 0.25) is 0 Å². The SMILES string of the molecule is CCC1CCCC(OC(=O)CC(C)C2CCCNC2)C1. The standard InChI is InChI=1S/C17H31NO2/c1-3-14-6-4-8-16(11-14)20-17(19)10-13(2)15-7-5-9-18-12-15/h13-16,18H,3-12H2,1-2H3. The van der Waals surface area contributed by atoms with Gasteiger partial charge in [-0.1, -0.05) is 26.7 Å². The van der Waals surface area contributed by atoms with Gasteiger partial charge in [-0.3, -0.25) is 4.79 Å². The summed E-state index contributed by atoms with van der Waals surface area (Å²) in [6.07, 6.45) is 9.19. The monoisotopic (exact) mass is 281 g/mol. The first-order chi connectivity index (χ1) is 9.69. The van der Waals surface area contributed by atoms with Gasteiger partial charge in [0.25, 0.3) is 0 Å². The Morgan fingerprint density at radius 1 is 1.30 bits per heavy atom. The van der Waals surface area contributed by atoms with E-state index in [1.807, 2.05) is 0 Å². The fourth-order valence-electron chi connectivity index (χ4n) is 3.75. The summed E-state index contributed by atoms with van der Waals surface area (Å²) in [6, 6.07) is 0. The van der Waals surface area contributed by atoms with E-state index in [4.69, 9.17) is 4.74 Å². The molecule has 1 heterocycles. The smallest absolute Gasteiger partial charge is 0.306 e. The van der Waals surface area contributed by atoms with Gasteiger partial charge >= 0.3 is 5.97 Å². The molecule has 0 spiro atoms. The van der Waals surface area contributed by atoms with Crippen molar-refractivity contribution in [1.29, 1.82) is 0 Å². The van der Waals surface area contributed by atoms with Gasteiger partial charge in [0.15, 0.2) is 0 Å². The van der Waals surface area contributed by atoms with Gasteiger partial charge in [0.1, 0.15) is 6.10 Å². The molecule has 0 aromatic rings. The quantitative estimate of drug-likeness (QED) is 0.784. The van der Waals surface area contributed by atoms with Crippen molar-refractivity contribution in [2.45, 2.75) is 71.3 Å². The van der Waals surface area contributed by atoms with E-state index >= 15 is 0 Å². The van der Waals surface area contributed by atoms with Crippen molar-refractivity contribution in [3.8, 4) is 0 Å². The van der Waals surface area contributed by atoms with Gasteiger partial charge in [-0.05, 0) is 62.9 Å². The summed E-state index contributed by atoms with van der Waals surface area (Å²) in [5.74, 6) is 1.89. The van der Waals surface area contributed by atoms with Crippen molar-refractivity contribution in [2.75, 3.05) is 13.1 Å². The lowest BCUT2D eigenvalue weighted by Gasteiger charge is -2.30. The van der Waals surface area contributed by atoms with Crippen LogP contribution in [0.4, 0.5) is 0 Å². The van der Waals surface area contributed by atoms with Crippen LogP contribution in [-0.2, 0) is 9.53 Å². The number of esters is 1. The van der Waals surface area contributed by atoms with Crippen LogP contribution >= 0.6 is 0 Å². The highest BCUT2D eigenvalue weighted by molar-refractivity contribution is 5.69. The normalized spacial score (nSPS) is 32.6. The highest BCUT2D eigenvalue weighted by atomic mass is 16.5. The molecule has 0 radical (unpaired) electrons. The van der Waals surface area contributed by atoms with Gasteiger partial charge in [-0.2, -0.15) is 0 Å². The fourth-order valence-corrected chi connectivity index (χ4v) is 3.75. The first-order valence-electron chi connectivity index (χ1n) is 8.59. The minimum Gasteiger partial charge on any atom is -0.462 e. The third-order valence-corrected chi connectivity index (χ3v) is 5.24. The van der Waals surface area contributed by atoms with Gasteiger partial charge < -0.3 is 10.1 Å². The Balaban J connectivity index is 1.71. The molecule has 3 nitrogen and oxygen atoms in total. The first kappa shape index (κ1) is 15.8. The highest BCUT2D eigenvalue weighted by Crippen LogP contribution is 2.29. The maximum Gasteiger partial charge on any atom is 0.306 e. The van der Waals surface area contributed by atoms with Crippen LogP contribution in [0, 0.1) is 17.8 Å². The maximum absolute atomic E-state index is 12.1. The van der Waals surface area contributed by atoms with E-state index < -0.39 is 0 Å². The molecule has 1 N–H and O–H groups in total. The van der Waals surface area contributed by atoms with Crippen molar-refractivity contribution < 1.29 is 9.53 Å². The molecule has 2 fully saturated rings. The molecule has 0 amide bonds. The molecule has 20 heavy (non-hydrogen) atoms. The topological polar surface area (TPSA) is 38.3 Å². The van der Waals surface area contributed by atoms with Crippen LogP contribution in [0.2, 0.25) is 0 Å². The summed E-state index contributed by atoms with van der Waals surface area (Å²) in [4.78, 5) is 12.1. The van der Waals surface area contributed by atoms with Gasteiger partial charge in [0.05, 0.1) is 0 Å². The van der Waals surface area contributed by atoms with E-state index in [0.717, 1.165) is 31.8 Å². The van der Waals surface area contributed by atoms with E-state index in [0.29, 0.717) is 18.3 Å². The van der Waals surface area contributed by atoms with Crippen molar-refractivity contribution >= 4 is 5.97 Å². The lowest BCUT2D eigenvalue weighted by Crippen LogP contribution is -2.34. The zero-order valence-corrected chi connectivity index (χ0v) is 13.2. The molecule has 1 saturated heterocycles. The number of piperidine rings is 1. The number of rotatable bonds is 5. The zero-order valence-electron chi connectivity index (χ0n) is 13.2. The van der Waals surface area contributed by atoms with Crippen molar-refractivity contribution in [3.63, 3.8) is 0 Å². The third kappa shape index (κ3) is 4.76. The second-order valence-corrected chi connectivity index (χ2v) is 6.84. The Kier molecular flexibility index (Phi) is 6.34. The molecule has 2 aliphatic rings. The Hall–Kier alpha value is -0.570. The Morgan fingerprint density at radius 3 is 2.85 bits per heavy atom. The van der Waals surface area contributed by atoms with E-state index in [1.54, 1.807) is 0 Å².